The molecule has 1 aliphatic rings. The Morgan fingerprint density at radius 2 is 1.86 bits per heavy atom. The zero-order valence-corrected chi connectivity index (χ0v) is 15.1. The van der Waals surface area contributed by atoms with Crippen LogP contribution in [-0.4, -0.2) is 20.9 Å². The minimum atomic E-state index is -4.71. The second kappa shape index (κ2) is 6.47. The van der Waals surface area contributed by atoms with E-state index in [0.29, 0.717) is 17.7 Å². The Labute approximate surface area is 158 Å². The van der Waals surface area contributed by atoms with Crippen LogP contribution in [0.3, 0.4) is 0 Å². The number of alkyl halides is 3. The topological polar surface area (TPSA) is 59.2 Å². The van der Waals surface area contributed by atoms with Crippen molar-refractivity contribution in [2.24, 2.45) is 0 Å². The summed E-state index contributed by atoms with van der Waals surface area (Å²) in [7, 11) is 0. The third kappa shape index (κ3) is 3.15. The summed E-state index contributed by atoms with van der Waals surface area (Å²) in [5, 5.41) is 3.38. The van der Waals surface area contributed by atoms with Crippen LogP contribution in [0.5, 0.6) is 0 Å². The van der Waals surface area contributed by atoms with Gasteiger partial charge in [0.2, 0.25) is 5.82 Å². The average molecular weight is 387 g/mol. The standard InChI is InChI=1S/C20H16F3N3O2/c1-11-3-5-13(6-4-11)12(2)26-10-15-8-7-14(9-16(15)18(26)27)17-24-19(28-25-17)20(21,22)23/h3-9,12H,10H2,1-2H3. The summed E-state index contributed by atoms with van der Waals surface area (Å²) in [6.45, 7) is 4.38. The third-order valence-electron chi connectivity index (χ3n) is 4.90. The summed E-state index contributed by atoms with van der Waals surface area (Å²) in [4.78, 5) is 18.0. The first-order valence-corrected chi connectivity index (χ1v) is 8.66. The summed E-state index contributed by atoms with van der Waals surface area (Å²) < 4.78 is 42.3. The van der Waals surface area contributed by atoms with E-state index in [4.69, 9.17) is 0 Å². The van der Waals surface area contributed by atoms with Gasteiger partial charge in [-0.2, -0.15) is 18.2 Å². The van der Waals surface area contributed by atoms with E-state index in [0.717, 1.165) is 16.7 Å². The van der Waals surface area contributed by atoms with Crippen LogP contribution < -0.4 is 0 Å². The van der Waals surface area contributed by atoms with Gasteiger partial charge in [-0.25, -0.2) is 0 Å². The molecule has 0 saturated heterocycles. The predicted molar refractivity (Wildman–Crippen MR) is 94.2 cm³/mol. The number of hydrogen-bond acceptors (Lipinski definition) is 4. The molecule has 1 aliphatic heterocycles. The van der Waals surface area contributed by atoms with Crippen LogP contribution in [0.2, 0.25) is 0 Å². The molecule has 1 unspecified atom stereocenters. The molecule has 0 saturated carbocycles. The first-order valence-electron chi connectivity index (χ1n) is 8.66. The maximum atomic E-state index is 12.9. The molecule has 1 aromatic heterocycles. The molecule has 2 aromatic carbocycles. The van der Waals surface area contributed by atoms with Crippen molar-refractivity contribution in [3.63, 3.8) is 0 Å². The minimum Gasteiger partial charge on any atom is -0.329 e. The molecule has 1 atom stereocenters. The number of aromatic nitrogens is 2. The minimum absolute atomic E-state index is 0.133. The van der Waals surface area contributed by atoms with E-state index in [1.54, 1.807) is 17.0 Å². The Hall–Kier alpha value is -3.16. The highest BCUT2D eigenvalue weighted by Crippen LogP contribution is 2.34. The van der Waals surface area contributed by atoms with Gasteiger partial charge in [-0.3, -0.25) is 4.79 Å². The van der Waals surface area contributed by atoms with Gasteiger partial charge in [0.1, 0.15) is 0 Å². The Balaban J connectivity index is 1.61. The lowest BCUT2D eigenvalue weighted by Gasteiger charge is -2.24. The maximum absolute atomic E-state index is 12.9. The largest absolute Gasteiger partial charge is 0.471 e. The Morgan fingerprint density at radius 1 is 1.14 bits per heavy atom. The number of rotatable bonds is 3. The molecule has 144 valence electrons. The van der Waals surface area contributed by atoms with E-state index < -0.39 is 12.1 Å². The summed E-state index contributed by atoms with van der Waals surface area (Å²) in [5.74, 6) is -1.79. The predicted octanol–water partition coefficient (Wildman–Crippen LogP) is 4.78. The molecule has 0 N–H and O–H groups in total. The number of carbonyl (C=O) groups excluding carboxylic acids is 1. The molecular weight excluding hydrogens is 371 g/mol. The van der Waals surface area contributed by atoms with Crippen molar-refractivity contribution < 1.29 is 22.5 Å². The number of fused-ring (bicyclic) bond motifs is 1. The van der Waals surface area contributed by atoms with E-state index in [-0.39, 0.29) is 17.8 Å². The van der Waals surface area contributed by atoms with Gasteiger partial charge in [-0.05, 0) is 31.0 Å². The quantitative estimate of drug-likeness (QED) is 0.649. The molecule has 2 heterocycles. The van der Waals surface area contributed by atoms with E-state index in [1.807, 2.05) is 38.1 Å². The van der Waals surface area contributed by atoms with Crippen LogP contribution in [0.25, 0.3) is 11.4 Å². The van der Waals surface area contributed by atoms with Gasteiger partial charge >= 0.3 is 12.1 Å². The number of hydrogen-bond donors (Lipinski definition) is 0. The van der Waals surface area contributed by atoms with Crippen molar-refractivity contribution in [1.29, 1.82) is 0 Å². The number of halogens is 3. The molecular formula is C20H16F3N3O2. The highest BCUT2D eigenvalue weighted by atomic mass is 19.4. The molecule has 5 nitrogen and oxygen atoms in total. The van der Waals surface area contributed by atoms with Gasteiger partial charge < -0.3 is 9.42 Å². The summed E-state index contributed by atoms with van der Waals surface area (Å²) >= 11 is 0. The van der Waals surface area contributed by atoms with Gasteiger partial charge in [0.05, 0.1) is 6.04 Å². The van der Waals surface area contributed by atoms with Crippen molar-refractivity contribution in [3.8, 4) is 11.4 Å². The summed E-state index contributed by atoms with van der Waals surface area (Å²) in [5.41, 5.74) is 3.70. The second-order valence-electron chi connectivity index (χ2n) is 6.81. The molecule has 0 radical (unpaired) electrons. The second-order valence-corrected chi connectivity index (χ2v) is 6.81. The Bertz CT molecular complexity index is 1040. The van der Waals surface area contributed by atoms with Gasteiger partial charge in [-0.15, -0.1) is 0 Å². The molecule has 0 bridgehead atoms. The average Bonchev–Trinajstić information content (AvgIpc) is 3.27. The number of carbonyl (C=O) groups is 1. The molecule has 0 fully saturated rings. The van der Waals surface area contributed by atoms with Gasteiger partial charge in [0.25, 0.3) is 5.91 Å². The molecule has 8 heteroatoms. The molecule has 3 aromatic rings. The van der Waals surface area contributed by atoms with E-state index in [1.165, 1.54) is 6.07 Å². The first-order chi connectivity index (χ1) is 13.2. The van der Waals surface area contributed by atoms with Gasteiger partial charge in [0.15, 0.2) is 0 Å². The lowest BCUT2D eigenvalue weighted by molar-refractivity contribution is -0.159. The van der Waals surface area contributed by atoms with Crippen LogP contribution in [0, 0.1) is 6.92 Å². The smallest absolute Gasteiger partial charge is 0.329 e. The van der Waals surface area contributed by atoms with Crippen molar-refractivity contribution >= 4 is 5.91 Å². The Morgan fingerprint density at radius 3 is 2.50 bits per heavy atom. The number of aryl methyl sites for hydroxylation is 1. The fourth-order valence-corrected chi connectivity index (χ4v) is 3.26. The van der Waals surface area contributed by atoms with Crippen LogP contribution in [0.1, 0.15) is 45.9 Å². The maximum Gasteiger partial charge on any atom is 0.471 e. The van der Waals surface area contributed by atoms with E-state index >= 15 is 0 Å². The number of amides is 1. The number of nitrogens with zero attached hydrogens (tertiary/aromatic N) is 3. The van der Waals surface area contributed by atoms with E-state index in [2.05, 4.69) is 14.7 Å². The zero-order valence-electron chi connectivity index (χ0n) is 15.1. The summed E-state index contributed by atoms with van der Waals surface area (Å²) in [6, 6.07) is 12.7. The summed E-state index contributed by atoms with van der Waals surface area (Å²) in [6.07, 6.45) is -4.71. The highest BCUT2D eigenvalue weighted by molar-refractivity contribution is 5.99. The normalized spacial score (nSPS) is 15.0. The molecule has 0 aliphatic carbocycles. The van der Waals surface area contributed by atoms with Crippen LogP contribution >= 0.6 is 0 Å². The van der Waals surface area contributed by atoms with Crippen molar-refractivity contribution in [3.05, 3.63) is 70.6 Å². The number of benzene rings is 2. The van der Waals surface area contributed by atoms with Gasteiger partial charge in [-0.1, -0.05) is 47.1 Å². The van der Waals surface area contributed by atoms with Crippen LogP contribution in [0.4, 0.5) is 13.2 Å². The monoisotopic (exact) mass is 387 g/mol. The van der Waals surface area contributed by atoms with Crippen molar-refractivity contribution in [2.75, 3.05) is 0 Å². The fourth-order valence-electron chi connectivity index (χ4n) is 3.26. The van der Waals surface area contributed by atoms with Crippen LogP contribution in [-0.2, 0) is 12.7 Å². The third-order valence-corrected chi connectivity index (χ3v) is 4.90. The molecule has 4 rings (SSSR count). The first kappa shape index (κ1) is 18.2. The Kier molecular flexibility index (Phi) is 4.21. The molecule has 0 spiro atoms. The highest BCUT2D eigenvalue weighted by Gasteiger charge is 2.39. The molecule has 28 heavy (non-hydrogen) atoms. The molecule has 1 amide bonds. The van der Waals surface area contributed by atoms with Crippen molar-refractivity contribution in [2.45, 2.75) is 32.6 Å². The zero-order chi connectivity index (χ0) is 20.1. The lowest BCUT2D eigenvalue weighted by Crippen LogP contribution is -2.27. The lowest BCUT2D eigenvalue weighted by atomic mass is 10.1. The fraction of sp³-hybridized carbons (Fsp3) is 0.250. The SMILES string of the molecule is Cc1ccc(C(C)N2Cc3ccc(-c4noc(C(F)(F)F)n4)cc3C2=O)cc1. The van der Waals surface area contributed by atoms with Gasteiger partial charge in [0, 0.05) is 17.7 Å². The van der Waals surface area contributed by atoms with Crippen LogP contribution in [0.15, 0.2) is 47.0 Å². The van der Waals surface area contributed by atoms with Crippen molar-refractivity contribution in [1.82, 2.24) is 15.0 Å². The van der Waals surface area contributed by atoms with E-state index in [9.17, 15) is 18.0 Å².